The van der Waals surface area contributed by atoms with Gasteiger partial charge in [0, 0.05) is 0 Å². The first kappa shape index (κ1) is 24.0. The van der Waals surface area contributed by atoms with Gasteiger partial charge in [0.15, 0.2) is 0 Å². The van der Waals surface area contributed by atoms with Crippen LogP contribution in [0.5, 0.6) is 0 Å². The van der Waals surface area contributed by atoms with Crippen molar-refractivity contribution in [2.45, 2.75) is 129 Å². The molecule has 0 aromatic carbocycles. The van der Waals surface area contributed by atoms with E-state index in [1.54, 1.807) is 12.1 Å². The zero-order valence-corrected chi connectivity index (χ0v) is 21.0. The molecule has 0 atom stereocenters. The van der Waals surface area contributed by atoms with Crippen molar-refractivity contribution in [3.63, 3.8) is 0 Å². The molecular weight excluding hydrogens is 375 g/mol. The van der Waals surface area contributed by atoms with Gasteiger partial charge in [-0.25, -0.2) is 0 Å². The molecule has 0 N–H and O–H groups in total. The van der Waals surface area contributed by atoms with Crippen molar-refractivity contribution >= 4 is 27.0 Å². The summed E-state index contributed by atoms with van der Waals surface area (Å²) in [5, 5.41) is 0. The van der Waals surface area contributed by atoms with E-state index < -0.39 is 13.4 Å². The summed E-state index contributed by atoms with van der Waals surface area (Å²) in [4.78, 5) is 0. The molecule has 0 rings (SSSR count). The van der Waals surface area contributed by atoms with Gasteiger partial charge in [-0.2, -0.15) is 0 Å². The van der Waals surface area contributed by atoms with Crippen LogP contribution in [0.2, 0.25) is 38.3 Å². The third kappa shape index (κ3) is 16.2. The average molecular weight is 422 g/mol. The van der Waals surface area contributed by atoms with Crippen LogP contribution >= 0.6 is 0 Å². The van der Waals surface area contributed by atoms with E-state index in [2.05, 4.69) is 40.0 Å². The van der Waals surface area contributed by atoms with Gasteiger partial charge in [0.05, 0.1) is 0 Å². The van der Waals surface area contributed by atoms with Crippen molar-refractivity contribution in [3.05, 3.63) is 0 Å². The van der Waals surface area contributed by atoms with E-state index in [9.17, 15) is 0 Å². The number of hydrogen-bond donors (Lipinski definition) is 0. The van der Waals surface area contributed by atoms with Gasteiger partial charge in [-0.3, -0.25) is 0 Å². The van der Waals surface area contributed by atoms with E-state index in [1.807, 2.05) is 0 Å². The molecule has 0 amide bonds. The Labute approximate surface area is 156 Å². The first-order valence-electron chi connectivity index (χ1n) is 10.5. The molecule has 0 bridgehead atoms. The van der Waals surface area contributed by atoms with Crippen LogP contribution in [0.1, 0.15) is 90.9 Å². The summed E-state index contributed by atoms with van der Waals surface area (Å²) in [6.45, 7) is 13.7. The minimum absolute atomic E-state index is 0.864. The molecule has 0 unspecified atom stereocenters. The zero-order valence-electron chi connectivity index (χ0n) is 17.3. The molecule has 0 heterocycles. The first-order valence-corrected chi connectivity index (χ1v) is 21.9. The van der Waals surface area contributed by atoms with E-state index in [0.29, 0.717) is 0 Å². The number of unbranched alkanes of at least 4 members (excludes halogenated alkanes) is 10. The second-order valence-corrected chi connectivity index (χ2v) is 35.3. The fourth-order valence-electron chi connectivity index (χ4n) is 3.51. The Hall–Kier alpha value is 0.953. The Kier molecular flexibility index (Phi) is 14.7. The number of hydrogen-bond acceptors (Lipinski definition) is 0. The monoisotopic (exact) mass is 422 g/mol. The fourth-order valence-corrected chi connectivity index (χ4v) is 46.4. The van der Waals surface area contributed by atoms with Crippen LogP contribution in [0, 0.1) is 0 Å². The predicted octanol–water partition coefficient (Wildman–Crippen LogP) is 7.82. The predicted molar refractivity (Wildman–Crippen MR) is 117 cm³/mol. The van der Waals surface area contributed by atoms with Crippen LogP contribution in [0.3, 0.4) is 0 Å². The van der Waals surface area contributed by atoms with Gasteiger partial charge < -0.3 is 0 Å². The molecule has 0 aliphatic heterocycles. The van der Waals surface area contributed by atoms with E-state index in [0.717, 1.165) is 13.7 Å². The summed E-state index contributed by atoms with van der Waals surface area (Å²) in [6, 6.07) is 3.23. The van der Waals surface area contributed by atoms with Crippen molar-refractivity contribution in [2.24, 2.45) is 0 Å². The molecule has 0 saturated carbocycles. The van der Waals surface area contributed by atoms with E-state index in [4.69, 9.17) is 0 Å². The molecule has 0 aliphatic rings. The summed E-state index contributed by atoms with van der Waals surface area (Å²) < 4.78 is 0. The molecule has 0 aromatic heterocycles. The van der Waals surface area contributed by atoms with Crippen LogP contribution in [0.4, 0.5) is 0 Å². The molecule has 140 valence electrons. The van der Waals surface area contributed by atoms with Crippen molar-refractivity contribution in [1.82, 2.24) is 0 Å². The third-order valence-corrected chi connectivity index (χ3v) is 35.8. The number of rotatable bonds is 16. The Balaban J connectivity index is 3.82. The topological polar surface area (TPSA) is 0 Å². The summed E-state index contributed by atoms with van der Waals surface area (Å²) in [6.07, 6.45) is 17.7. The molecule has 0 fully saturated rings. The van der Waals surface area contributed by atoms with Gasteiger partial charge in [0.1, 0.15) is 0 Å². The second-order valence-electron chi connectivity index (χ2n) is 8.66. The Morgan fingerprint density at radius 3 is 1.13 bits per heavy atom. The van der Waals surface area contributed by atoms with Crippen molar-refractivity contribution < 1.29 is 0 Å². The Bertz CT molecular complexity index is 238. The molecule has 0 nitrogen and oxygen atoms in total. The van der Waals surface area contributed by atoms with Crippen LogP contribution in [0.25, 0.3) is 0 Å². The normalized spacial score (nSPS) is 12.8. The molecular formula is C20H46SeSi2. The van der Waals surface area contributed by atoms with Gasteiger partial charge in [-0.05, 0) is 0 Å². The summed E-state index contributed by atoms with van der Waals surface area (Å²) in [5.41, 5.74) is 0. The van der Waals surface area contributed by atoms with Crippen molar-refractivity contribution in [3.8, 4) is 0 Å². The van der Waals surface area contributed by atoms with Crippen LogP contribution in [0.15, 0.2) is 0 Å². The van der Waals surface area contributed by atoms with Crippen LogP contribution in [-0.4, -0.2) is 27.0 Å². The fraction of sp³-hybridized carbons (Fsp3) is 1.00. The standard InChI is InChI=1S/C20H46SeSi2/c1-7-9-11-13-15-17-19-22(3,4)21-23(5,6)20-18-16-14-12-10-8-2/h7-20H2,1-6H3. The SMILES string of the molecule is CCCCCCCC[Si](C)(C)[Se][Si](C)(C)CCCCCCCC. The van der Waals surface area contributed by atoms with Crippen molar-refractivity contribution in [1.29, 1.82) is 0 Å². The second kappa shape index (κ2) is 14.2. The Morgan fingerprint density at radius 1 is 0.478 bits per heavy atom. The zero-order chi connectivity index (χ0) is 17.6. The third-order valence-electron chi connectivity index (χ3n) is 4.82. The first-order chi connectivity index (χ1) is 10.8. The van der Waals surface area contributed by atoms with Gasteiger partial charge in [-0.15, -0.1) is 0 Å². The molecule has 3 heteroatoms. The molecule has 0 saturated heterocycles. The van der Waals surface area contributed by atoms with E-state index >= 15 is 0 Å². The van der Waals surface area contributed by atoms with Crippen molar-refractivity contribution in [2.75, 3.05) is 0 Å². The van der Waals surface area contributed by atoms with Gasteiger partial charge in [-0.1, -0.05) is 0 Å². The molecule has 0 aliphatic carbocycles. The average Bonchev–Trinajstić information content (AvgIpc) is 2.45. The van der Waals surface area contributed by atoms with Gasteiger partial charge >= 0.3 is 156 Å². The maximum atomic E-state index is 2.70. The summed E-state index contributed by atoms with van der Waals surface area (Å²) in [5.74, 6) is 0. The quantitative estimate of drug-likeness (QED) is 0.176. The summed E-state index contributed by atoms with van der Waals surface area (Å²) >= 11 is 1.03. The molecule has 0 aromatic rings. The van der Waals surface area contributed by atoms with Crippen LogP contribution < -0.4 is 0 Å². The van der Waals surface area contributed by atoms with E-state index in [1.165, 1.54) is 77.0 Å². The molecule has 0 radical (unpaired) electrons. The van der Waals surface area contributed by atoms with Crippen LogP contribution in [-0.2, 0) is 0 Å². The van der Waals surface area contributed by atoms with Gasteiger partial charge in [0.25, 0.3) is 0 Å². The molecule has 0 spiro atoms. The minimum atomic E-state index is -0.864. The summed E-state index contributed by atoms with van der Waals surface area (Å²) in [7, 11) is 0. The Morgan fingerprint density at radius 2 is 0.783 bits per heavy atom. The maximum absolute atomic E-state index is 2.70. The molecule has 23 heavy (non-hydrogen) atoms. The van der Waals surface area contributed by atoms with Gasteiger partial charge in [0.2, 0.25) is 0 Å². The van der Waals surface area contributed by atoms with E-state index in [-0.39, 0.29) is 0 Å².